The first-order chi connectivity index (χ1) is 8.68. The van der Waals surface area contributed by atoms with Crippen LogP contribution in [0, 0.1) is 6.20 Å². The average Bonchev–Trinajstić information content (AvgIpc) is 2.91. The lowest BCUT2D eigenvalue weighted by Gasteiger charge is -2.19. The van der Waals surface area contributed by atoms with Gasteiger partial charge in [0.05, 0.1) is 12.1 Å². The van der Waals surface area contributed by atoms with Crippen molar-refractivity contribution in [3.8, 4) is 0 Å². The summed E-state index contributed by atoms with van der Waals surface area (Å²) in [5.74, 6) is -0.497. The number of imidazole rings is 1. The molecule has 3 N–H and O–H groups in total. The quantitative estimate of drug-likeness (QED) is 0.794. The van der Waals surface area contributed by atoms with Crippen LogP contribution in [0.2, 0.25) is 0 Å². The van der Waals surface area contributed by atoms with E-state index >= 15 is 0 Å². The van der Waals surface area contributed by atoms with E-state index in [1.165, 1.54) is 0 Å². The van der Waals surface area contributed by atoms with Gasteiger partial charge in [-0.3, -0.25) is 4.79 Å². The number of nitrogens with two attached hydrogens (primary N) is 1. The Hall–Kier alpha value is -2.14. The Morgan fingerprint density at radius 1 is 1.50 bits per heavy atom. The molecule has 0 bridgehead atoms. The molecule has 0 unspecified atom stereocenters. The molecule has 1 aromatic heterocycles. The van der Waals surface area contributed by atoms with Crippen molar-refractivity contribution in [2.24, 2.45) is 5.73 Å². The molecular formula is C13H12N3O2. The molecule has 1 aliphatic carbocycles. The zero-order chi connectivity index (χ0) is 12.7. The highest BCUT2D eigenvalue weighted by atomic mass is 16.3. The highest BCUT2D eigenvalue weighted by Crippen LogP contribution is 2.34. The maximum atomic E-state index is 11.3. The molecule has 91 valence electrons. The summed E-state index contributed by atoms with van der Waals surface area (Å²) in [6, 6.07) is 7.45. The molecule has 2 aromatic rings. The zero-order valence-electron chi connectivity index (χ0n) is 9.58. The number of benzene rings is 1. The van der Waals surface area contributed by atoms with E-state index in [4.69, 9.17) is 5.73 Å². The van der Waals surface area contributed by atoms with Gasteiger partial charge < -0.3 is 15.4 Å². The Balaban J connectivity index is 2.12. The number of hydrogen-bond donors (Lipinski definition) is 2. The minimum Gasteiger partial charge on any atom is -0.390 e. The predicted octanol–water partition coefficient (Wildman–Crippen LogP) is 0.289. The van der Waals surface area contributed by atoms with Crippen molar-refractivity contribution >= 4 is 5.91 Å². The molecule has 0 aliphatic heterocycles. The van der Waals surface area contributed by atoms with Gasteiger partial charge in [0.15, 0.2) is 5.82 Å². The fraction of sp³-hybridized carbons (Fsp3) is 0.231. The van der Waals surface area contributed by atoms with Gasteiger partial charge in [-0.25, -0.2) is 4.98 Å². The molecule has 1 amide bonds. The number of aliphatic hydroxyl groups excluding tert-OH is 1. The van der Waals surface area contributed by atoms with Gasteiger partial charge in [-0.05, 0) is 11.1 Å². The summed E-state index contributed by atoms with van der Waals surface area (Å²) in [7, 11) is 0. The summed E-state index contributed by atoms with van der Waals surface area (Å²) in [6.45, 7) is 0. The Labute approximate surface area is 104 Å². The van der Waals surface area contributed by atoms with Crippen molar-refractivity contribution in [2.45, 2.75) is 18.6 Å². The van der Waals surface area contributed by atoms with Gasteiger partial charge in [0.2, 0.25) is 0 Å². The minimum absolute atomic E-state index is 0.121. The molecule has 0 fully saturated rings. The van der Waals surface area contributed by atoms with Gasteiger partial charge in [0.25, 0.3) is 5.91 Å². The van der Waals surface area contributed by atoms with Crippen molar-refractivity contribution in [3.63, 3.8) is 0 Å². The molecule has 1 radical (unpaired) electrons. The lowest BCUT2D eigenvalue weighted by atomic mass is 10.1. The van der Waals surface area contributed by atoms with Crippen LogP contribution in [0.15, 0.2) is 30.5 Å². The Morgan fingerprint density at radius 3 is 3.06 bits per heavy atom. The van der Waals surface area contributed by atoms with E-state index < -0.39 is 12.0 Å². The molecule has 1 heterocycles. The maximum Gasteiger partial charge on any atom is 0.284 e. The first-order valence-electron chi connectivity index (χ1n) is 5.69. The number of hydrogen-bond acceptors (Lipinski definition) is 3. The van der Waals surface area contributed by atoms with Crippen molar-refractivity contribution in [1.82, 2.24) is 9.55 Å². The second-order valence-corrected chi connectivity index (χ2v) is 4.38. The molecule has 5 heteroatoms. The Kier molecular flexibility index (Phi) is 2.41. The van der Waals surface area contributed by atoms with Crippen molar-refractivity contribution in [2.75, 3.05) is 0 Å². The number of rotatable bonds is 2. The van der Waals surface area contributed by atoms with Crippen molar-refractivity contribution in [1.29, 1.82) is 0 Å². The monoisotopic (exact) mass is 242 g/mol. The van der Waals surface area contributed by atoms with E-state index in [0.717, 1.165) is 11.1 Å². The first kappa shape index (κ1) is 11.0. The molecular weight excluding hydrogens is 230 g/mol. The van der Waals surface area contributed by atoms with E-state index in [9.17, 15) is 9.90 Å². The van der Waals surface area contributed by atoms with Crippen LogP contribution in [0.1, 0.15) is 27.8 Å². The van der Waals surface area contributed by atoms with Gasteiger partial charge in [-0.15, -0.1) is 0 Å². The van der Waals surface area contributed by atoms with E-state index in [1.54, 1.807) is 10.8 Å². The predicted molar refractivity (Wildman–Crippen MR) is 63.9 cm³/mol. The average molecular weight is 242 g/mol. The second kappa shape index (κ2) is 3.96. The van der Waals surface area contributed by atoms with Crippen LogP contribution in [0.25, 0.3) is 0 Å². The molecule has 0 saturated heterocycles. The van der Waals surface area contributed by atoms with E-state index in [-0.39, 0.29) is 11.9 Å². The second-order valence-electron chi connectivity index (χ2n) is 4.38. The van der Waals surface area contributed by atoms with E-state index in [2.05, 4.69) is 11.2 Å². The van der Waals surface area contributed by atoms with Crippen LogP contribution < -0.4 is 5.73 Å². The summed E-state index contributed by atoms with van der Waals surface area (Å²) in [4.78, 5) is 15.1. The van der Waals surface area contributed by atoms with Crippen LogP contribution in [0.4, 0.5) is 0 Å². The first-order valence-corrected chi connectivity index (χ1v) is 5.69. The molecule has 5 nitrogen and oxygen atoms in total. The van der Waals surface area contributed by atoms with Crippen LogP contribution in [0.5, 0.6) is 0 Å². The standard InChI is InChI=1S/C13H12N3O2/c14-12(18)13-15-5-6-16(13)11-9-4-2-1-3-8(9)7-10(11)17/h1-4,6,10-11,17H,7H2,(H2,14,18)/t10-,11+/m0/s1. The largest absolute Gasteiger partial charge is 0.390 e. The number of amides is 1. The SMILES string of the molecule is NC(=O)c1n[c]cn1[C@@H]1c2ccccc2C[C@@H]1O. The number of carbonyl (C=O) groups is 1. The highest BCUT2D eigenvalue weighted by Gasteiger charge is 2.33. The topological polar surface area (TPSA) is 81.1 Å². The fourth-order valence-corrected chi connectivity index (χ4v) is 2.55. The molecule has 3 rings (SSSR count). The summed E-state index contributed by atoms with van der Waals surface area (Å²) in [5.41, 5.74) is 7.35. The zero-order valence-corrected chi connectivity index (χ0v) is 9.58. The molecule has 1 aromatic carbocycles. The molecule has 0 spiro atoms. The number of carbonyl (C=O) groups excluding carboxylic acids is 1. The number of fused-ring (bicyclic) bond motifs is 1. The smallest absolute Gasteiger partial charge is 0.284 e. The Bertz CT molecular complexity index is 606. The van der Waals surface area contributed by atoms with Gasteiger partial charge in [0, 0.05) is 12.6 Å². The molecule has 1 aliphatic rings. The van der Waals surface area contributed by atoms with Crippen LogP contribution >= 0.6 is 0 Å². The van der Waals surface area contributed by atoms with Crippen LogP contribution in [0.3, 0.4) is 0 Å². The summed E-state index contributed by atoms with van der Waals surface area (Å²) in [6.07, 6.45) is 4.15. The van der Waals surface area contributed by atoms with Gasteiger partial charge >= 0.3 is 0 Å². The third kappa shape index (κ3) is 1.52. The van der Waals surface area contributed by atoms with Crippen LogP contribution in [-0.4, -0.2) is 26.7 Å². The molecule has 2 atom stereocenters. The van der Waals surface area contributed by atoms with Gasteiger partial charge in [-0.1, -0.05) is 24.3 Å². The molecule has 18 heavy (non-hydrogen) atoms. The van der Waals surface area contributed by atoms with E-state index in [0.29, 0.717) is 6.42 Å². The third-order valence-corrected chi connectivity index (χ3v) is 3.30. The van der Waals surface area contributed by atoms with Gasteiger partial charge in [-0.2, -0.15) is 0 Å². The van der Waals surface area contributed by atoms with Crippen molar-refractivity contribution < 1.29 is 9.90 Å². The Morgan fingerprint density at radius 2 is 2.28 bits per heavy atom. The van der Waals surface area contributed by atoms with E-state index in [1.807, 2.05) is 24.3 Å². The molecule has 0 saturated carbocycles. The minimum atomic E-state index is -0.618. The highest BCUT2D eigenvalue weighted by molar-refractivity contribution is 5.89. The van der Waals surface area contributed by atoms with Crippen molar-refractivity contribution in [3.05, 3.63) is 53.6 Å². The third-order valence-electron chi connectivity index (χ3n) is 3.30. The van der Waals surface area contributed by atoms with Gasteiger partial charge in [0.1, 0.15) is 6.20 Å². The number of nitrogens with zero attached hydrogens (tertiary/aromatic N) is 2. The summed E-state index contributed by atoms with van der Waals surface area (Å²) < 4.78 is 1.60. The van der Waals surface area contributed by atoms with Crippen LogP contribution in [-0.2, 0) is 6.42 Å². The number of aliphatic hydroxyl groups is 1. The summed E-state index contributed by atoms with van der Waals surface area (Å²) >= 11 is 0. The number of aromatic nitrogens is 2. The summed E-state index contributed by atoms with van der Waals surface area (Å²) in [5, 5.41) is 10.2. The fourth-order valence-electron chi connectivity index (χ4n) is 2.55. The lowest BCUT2D eigenvalue weighted by Crippen LogP contribution is -2.26. The normalized spacial score (nSPS) is 21.8. The lowest BCUT2D eigenvalue weighted by molar-refractivity contribution is 0.0974. The number of primary amides is 1. The maximum absolute atomic E-state index is 11.3.